The standard InChI is InChI=1S/C56H39N3/c1-36-29-37(2)31-44(30-36)59-55-27-23-40(38-21-25-53-47(32-38)45-17-9-11-19-51(45)57(53)42-13-5-3-6-14-42)34-49(55)50-35-41(24-28-56(50)59)39-22-26-54-48(33-39)46-18-10-12-20-52(46)58(54)43-15-7-4-8-16-43/h3-35H,1-2H3. The third-order valence-corrected chi connectivity index (χ3v) is 12.3. The number of aromatic nitrogens is 3. The summed E-state index contributed by atoms with van der Waals surface area (Å²) in [6, 6.07) is 73.8. The van der Waals surface area contributed by atoms with Gasteiger partial charge in [0.15, 0.2) is 0 Å². The van der Waals surface area contributed by atoms with Gasteiger partial charge in [-0.05, 0) is 144 Å². The zero-order chi connectivity index (χ0) is 39.2. The Balaban J connectivity index is 1.06. The van der Waals surface area contributed by atoms with Gasteiger partial charge in [-0.1, -0.05) is 103 Å². The molecule has 0 atom stereocenters. The predicted octanol–water partition coefficient (Wildman–Crippen LogP) is 14.9. The number of benzene rings is 9. The Morgan fingerprint density at radius 1 is 0.237 bits per heavy atom. The third-order valence-electron chi connectivity index (χ3n) is 12.3. The second kappa shape index (κ2) is 13.0. The van der Waals surface area contributed by atoms with Crippen molar-refractivity contribution in [2.24, 2.45) is 0 Å². The molecule has 278 valence electrons. The van der Waals surface area contributed by atoms with Crippen molar-refractivity contribution in [1.82, 2.24) is 13.7 Å². The van der Waals surface area contributed by atoms with Gasteiger partial charge in [-0.25, -0.2) is 0 Å². The van der Waals surface area contributed by atoms with Crippen molar-refractivity contribution in [2.45, 2.75) is 13.8 Å². The molecule has 9 aromatic carbocycles. The third kappa shape index (κ3) is 5.21. The summed E-state index contributed by atoms with van der Waals surface area (Å²) in [6.07, 6.45) is 0. The molecule has 0 aliphatic heterocycles. The molecular formula is C56H39N3. The molecule has 0 fully saturated rings. The van der Waals surface area contributed by atoms with Crippen molar-refractivity contribution in [2.75, 3.05) is 0 Å². The predicted molar refractivity (Wildman–Crippen MR) is 250 cm³/mol. The summed E-state index contributed by atoms with van der Waals surface area (Å²) < 4.78 is 7.21. The average molecular weight is 754 g/mol. The van der Waals surface area contributed by atoms with Gasteiger partial charge in [0.25, 0.3) is 0 Å². The van der Waals surface area contributed by atoms with Crippen molar-refractivity contribution < 1.29 is 0 Å². The maximum Gasteiger partial charge on any atom is 0.0541 e. The highest BCUT2D eigenvalue weighted by molar-refractivity contribution is 6.14. The summed E-state index contributed by atoms with van der Waals surface area (Å²) in [7, 11) is 0. The van der Waals surface area contributed by atoms with E-state index < -0.39 is 0 Å². The SMILES string of the molecule is Cc1cc(C)cc(-n2c3ccc(-c4ccc5c(c4)c4ccccc4n5-c4ccccc4)cc3c3cc(-c4ccc5c(c4)c4ccccc4n5-c4ccccc4)ccc32)c1. The lowest BCUT2D eigenvalue weighted by Gasteiger charge is -2.11. The van der Waals surface area contributed by atoms with Crippen LogP contribution in [0.1, 0.15) is 11.1 Å². The van der Waals surface area contributed by atoms with Gasteiger partial charge >= 0.3 is 0 Å². The zero-order valence-electron chi connectivity index (χ0n) is 32.9. The molecule has 0 spiro atoms. The number of para-hydroxylation sites is 4. The van der Waals surface area contributed by atoms with E-state index in [9.17, 15) is 0 Å². The second-order valence-electron chi connectivity index (χ2n) is 16.0. The van der Waals surface area contributed by atoms with Crippen LogP contribution in [-0.4, -0.2) is 13.7 Å². The van der Waals surface area contributed by atoms with Crippen LogP contribution in [0.25, 0.3) is 105 Å². The van der Waals surface area contributed by atoms with E-state index in [0.29, 0.717) is 0 Å². The average Bonchev–Trinajstić information content (AvgIpc) is 3.91. The fourth-order valence-corrected chi connectivity index (χ4v) is 9.76. The van der Waals surface area contributed by atoms with Gasteiger partial charge in [0.05, 0.1) is 33.1 Å². The minimum atomic E-state index is 1.17. The van der Waals surface area contributed by atoms with E-state index in [1.807, 2.05) is 0 Å². The molecular weight excluding hydrogens is 715 g/mol. The lowest BCUT2D eigenvalue weighted by Crippen LogP contribution is -1.95. The van der Waals surface area contributed by atoms with Crippen LogP contribution < -0.4 is 0 Å². The van der Waals surface area contributed by atoms with Crippen LogP contribution in [-0.2, 0) is 0 Å². The largest absolute Gasteiger partial charge is 0.309 e. The van der Waals surface area contributed by atoms with E-state index in [-0.39, 0.29) is 0 Å². The summed E-state index contributed by atoms with van der Waals surface area (Å²) in [5.74, 6) is 0. The Labute approximate surface area is 342 Å². The van der Waals surface area contributed by atoms with E-state index in [1.54, 1.807) is 0 Å². The molecule has 0 unspecified atom stereocenters. The van der Waals surface area contributed by atoms with E-state index in [2.05, 4.69) is 228 Å². The number of hydrogen-bond acceptors (Lipinski definition) is 0. The molecule has 0 radical (unpaired) electrons. The molecule has 0 saturated carbocycles. The van der Waals surface area contributed by atoms with Crippen molar-refractivity contribution in [3.05, 3.63) is 211 Å². The number of fused-ring (bicyclic) bond motifs is 9. The summed E-state index contributed by atoms with van der Waals surface area (Å²) in [5, 5.41) is 7.51. The lowest BCUT2D eigenvalue weighted by molar-refractivity contribution is 1.16. The highest BCUT2D eigenvalue weighted by Crippen LogP contribution is 2.41. The molecule has 3 heterocycles. The van der Waals surface area contributed by atoms with Gasteiger partial charge in [0.1, 0.15) is 0 Å². The van der Waals surface area contributed by atoms with Gasteiger partial charge in [0.2, 0.25) is 0 Å². The first-order valence-electron chi connectivity index (χ1n) is 20.4. The van der Waals surface area contributed by atoms with Gasteiger partial charge < -0.3 is 13.7 Å². The molecule has 0 saturated heterocycles. The van der Waals surface area contributed by atoms with Gasteiger partial charge in [-0.2, -0.15) is 0 Å². The van der Waals surface area contributed by atoms with Crippen LogP contribution in [0.2, 0.25) is 0 Å². The molecule has 12 aromatic rings. The molecule has 0 aliphatic carbocycles. The van der Waals surface area contributed by atoms with Gasteiger partial charge in [0, 0.05) is 49.4 Å². The molecule has 0 N–H and O–H groups in total. The van der Waals surface area contributed by atoms with Crippen LogP contribution in [0.4, 0.5) is 0 Å². The van der Waals surface area contributed by atoms with Crippen LogP contribution >= 0.6 is 0 Å². The molecule has 12 rings (SSSR count). The highest BCUT2D eigenvalue weighted by Gasteiger charge is 2.18. The number of hydrogen-bond donors (Lipinski definition) is 0. The molecule has 0 aliphatic rings. The molecule has 0 bridgehead atoms. The zero-order valence-corrected chi connectivity index (χ0v) is 32.9. The number of aryl methyl sites for hydroxylation is 2. The van der Waals surface area contributed by atoms with E-state index in [1.165, 1.54) is 116 Å². The van der Waals surface area contributed by atoms with E-state index >= 15 is 0 Å². The number of nitrogens with zero attached hydrogens (tertiary/aromatic N) is 3. The Bertz CT molecular complexity index is 3380. The molecule has 3 aromatic heterocycles. The van der Waals surface area contributed by atoms with E-state index in [4.69, 9.17) is 0 Å². The van der Waals surface area contributed by atoms with Crippen LogP contribution in [0.3, 0.4) is 0 Å². The normalized spacial score (nSPS) is 11.9. The fraction of sp³-hybridized carbons (Fsp3) is 0.0357. The summed E-state index contributed by atoms with van der Waals surface area (Å²) in [4.78, 5) is 0. The fourth-order valence-electron chi connectivity index (χ4n) is 9.76. The minimum Gasteiger partial charge on any atom is -0.309 e. The van der Waals surface area contributed by atoms with Crippen LogP contribution in [0, 0.1) is 13.8 Å². The quantitative estimate of drug-likeness (QED) is 0.166. The van der Waals surface area contributed by atoms with E-state index in [0.717, 1.165) is 0 Å². The van der Waals surface area contributed by atoms with Gasteiger partial charge in [-0.3, -0.25) is 0 Å². The summed E-state index contributed by atoms with van der Waals surface area (Å²) >= 11 is 0. The van der Waals surface area contributed by atoms with Crippen molar-refractivity contribution in [1.29, 1.82) is 0 Å². The van der Waals surface area contributed by atoms with Crippen molar-refractivity contribution >= 4 is 65.4 Å². The molecule has 3 heteroatoms. The monoisotopic (exact) mass is 753 g/mol. The first-order valence-corrected chi connectivity index (χ1v) is 20.4. The Morgan fingerprint density at radius 3 is 0.932 bits per heavy atom. The van der Waals surface area contributed by atoms with Crippen LogP contribution in [0.15, 0.2) is 200 Å². The van der Waals surface area contributed by atoms with Crippen molar-refractivity contribution in [3.8, 4) is 39.3 Å². The molecule has 0 amide bonds. The Hall–Kier alpha value is -7.62. The molecule has 59 heavy (non-hydrogen) atoms. The summed E-state index contributed by atoms with van der Waals surface area (Å²) in [5.41, 5.74) is 18.1. The van der Waals surface area contributed by atoms with Gasteiger partial charge in [-0.15, -0.1) is 0 Å². The highest BCUT2D eigenvalue weighted by atomic mass is 15.0. The second-order valence-corrected chi connectivity index (χ2v) is 16.0. The maximum absolute atomic E-state index is 2.45. The van der Waals surface area contributed by atoms with Crippen molar-refractivity contribution in [3.63, 3.8) is 0 Å². The first kappa shape index (κ1) is 33.5. The summed E-state index contributed by atoms with van der Waals surface area (Å²) in [6.45, 7) is 4.38. The Kier molecular flexibility index (Phi) is 7.36. The first-order chi connectivity index (χ1) is 29.1. The Morgan fingerprint density at radius 2 is 0.542 bits per heavy atom. The maximum atomic E-state index is 2.45. The molecule has 3 nitrogen and oxygen atoms in total. The smallest absolute Gasteiger partial charge is 0.0541 e. The minimum absolute atomic E-state index is 1.17. The lowest BCUT2D eigenvalue weighted by atomic mass is 9.98. The topological polar surface area (TPSA) is 14.8 Å². The number of rotatable bonds is 5. The van der Waals surface area contributed by atoms with Crippen LogP contribution in [0.5, 0.6) is 0 Å².